The summed E-state index contributed by atoms with van der Waals surface area (Å²) in [5.74, 6) is 1.54. The van der Waals surface area contributed by atoms with E-state index in [-0.39, 0.29) is 12.1 Å². The van der Waals surface area contributed by atoms with E-state index in [4.69, 9.17) is 9.47 Å². The highest BCUT2D eigenvalue weighted by atomic mass is 16.6. The van der Waals surface area contributed by atoms with Crippen LogP contribution in [0.2, 0.25) is 0 Å². The van der Waals surface area contributed by atoms with Gasteiger partial charge >= 0.3 is 6.03 Å². The number of urea groups is 1. The molecule has 1 atom stereocenters. The Hall–Kier alpha value is -4.00. The van der Waals surface area contributed by atoms with Gasteiger partial charge in [0, 0.05) is 19.6 Å². The molecule has 1 saturated heterocycles. The zero-order valence-corrected chi connectivity index (χ0v) is 19.5. The van der Waals surface area contributed by atoms with Gasteiger partial charge in [-0.2, -0.15) is 0 Å². The minimum atomic E-state index is -0.0312. The molecule has 2 amide bonds. The zero-order valence-electron chi connectivity index (χ0n) is 19.5. The second kappa shape index (κ2) is 9.33. The summed E-state index contributed by atoms with van der Waals surface area (Å²) in [4.78, 5) is 19.4. The molecule has 3 aromatic carbocycles. The molecular formula is C28H28N4O3. The minimum Gasteiger partial charge on any atom is -0.486 e. The average Bonchev–Trinajstić information content (AvgIpc) is 3.56. The van der Waals surface area contributed by atoms with Crippen LogP contribution in [0.15, 0.2) is 73.1 Å². The SMILES string of the molecule is O=C(NCc1ccc(Cn2cnc3ccccc32)cc1)N1CCCC1c1ccc2c(c1)OCCO2. The van der Waals surface area contributed by atoms with E-state index in [1.807, 2.05) is 47.6 Å². The van der Waals surface area contributed by atoms with E-state index in [1.54, 1.807) is 0 Å². The number of nitrogens with zero attached hydrogens (tertiary/aromatic N) is 3. The molecule has 7 nitrogen and oxygen atoms in total. The van der Waals surface area contributed by atoms with E-state index >= 15 is 0 Å². The van der Waals surface area contributed by atoms with Crippen molar-refractivity contribution in [2.75, 3.05) is 19.8 Å². The summed E-state index contributed by atoms with van der Waals surface area (Å²) >= 11 is 0. The summed E-state index contributed by atoms with van der Waals surface area (Å²) in [5, 5.41) is 3.11. The molecule has 0 saturated carbocycles. The number of benzene rings is 3. The summed E-state index contributed by atoms with van der Waals surface area (Å²) in [5.41, 5.74) is 5.50. The fraction of sp³-hybridized carbons (Fsp3) is 0.286. The number of hydrogen-bond acceptors (Lipinski definition) is 4. The topological polar surface area (TPSA) is 68.6 Å². The van der Waals surface area contributed by atoms with Crippen molar-refractivity contribution in [2.45, 2.75) is 32.0 Å². The highest BCUT2D eigenvalue weighted by molar-refractivity contribution is 5.75. The van der Waals surface area contributed by atoms with Gasteiger partial charge in [0.15, 0.2) is 11.5 Å². The number of rotatable bonds is 5. The Morgan fingerprint density at radius 2 is 1.77 bits per heavy atom. The third-order valence-electron chi connectivity index (χ3n) is 6.81. The van der Waals surface area contributed by atoms with Gasteiger partial charge in [-0.3, -0.25) is 0 Å². The molecule has 3 heterocycles. The molecular weight excluding hydrogens is 440 g/mol. The van der Waals surface area contributed by atoms with Gasteiger partial charge in [0.05, 0.1) is 23.4 Å². The third kappa shape index (κ3) is 4.41. The van der Waals surface area contributed by atoms with Crippen molar-refractivity contribution in [2.24, 2.45) is 0 Å². The Kier molecular flexibility index (Phi) is 5.74. The molecule has 1 N–H and O–H groups in total. The molecule has 178 valence electrons. The molecule has 2 aliphatic heterocycles. The van der Waals surface area contributed by atoms with E-state index in [2.05, 4.69) is 45.2 Å². The monoisotopic (exact) mass is 468 g/mol. The Morgan fingerprint density at radius 3 is 2.66 bits per heavy atom. The van der Waals surface area contributed by atoms with Crippen LogP contribution in [0.25, 0.3) is 11.0 Å². The summed E-state index contributed by atoms with van der Waals surface area (Å²) in [7, 11) is 0. The first-order valence-electron chi connectivity index (χ1n) is 12.2. The molecule has 1 unspecified atom stereocenters. The normalized spacial score (nSPS) is 17.0. The maximum Gasteiger partial charge on any atom is 0.318 e. The Bertz CT molecular complexity index is 1350. The third-order valence-corrected chi connectivity index (χ3v) is 6.81. The van der Waals surface area contributed by atoms with E-state index < -0.39 is 0 Å². The van der Waals surface area contributed by atoms with Gasteiger partial charge in [0.1, 0.15) is 13.2 Å². The number of likely N-dealkylation sites (tertiary alicyclic amines) is 1. The van der Waals surface area contributed by atoms with Crippen LogP contribution in [0.3, 0.4) is 0 Å². The fourth-order valence-electron chi connectivity index (χ4n) is 5.00. The lowest BCUT2D eigenvalue weighted by Gasteiger charge is -2.27. The Labute approximate surface area is 204 Å². The van der Waals surface area contributed by atoms with Crippen molar-refractivity contribution < 1.29 is 14.3 Å². The minimum absolute atomic E-state index is 0.0312. The number of imidazole rings is 1. The molecule has 1 aromatic heterocycles. The number of ether oxygens (including phenoxy) is 2. The van der Waals surface area contributed by atoms with Crippen molar-refractivity contribution in [3.8, 4) is 11.5 Å². The first kappa shape index (κ1) is 21.5. The molecule has 4 aromatic rings. The largest absolute Gasteiger partial charge is 0.486 e. The highest BCUT2D eigenvalue weighted by Crippen LogP contribution is 2.38. The molecule has 0 radical (unpaired) electrons. The molecule has 0 spiro atoms. The smallest absolute Gasteiger partial charge is 0.318 e. The quantitative estimate of drug-likeness (QED) is 0.452. The van der Waals surface area contributed by atoms with Crippen LogP contribution in [0.5, 0.6) is 11.5 Å². The summed E-state index contributed by atoms with van der Waals surface area (Å²) < 4.78 is 13.5. The second-order valence-electron chi connectivity index (χ2n) is 9.09. The van der Waals surface area contributed by atoms with E-state index in [0.29, 0.717) is 19.8 Å². The molecule has 6 rings (SSSR count). The molecule has 1 fully saturated rings. The maximum atomic E-state index is 13.0. The van der Waals surface area contributed by atoms with E-state index in [1.165, 1.54) is 5.56 Å². The van der Waals surface area contributed by atoms with Gasteiger partial charge in [-0.05, 0) is 53.8 Å². The van der Waals surface area contributed by atoms with Crippen molar-refractivity contribution in [3.05, 3.63) is 89.7 Å². The first-order chi connectivity index (χ1) is 17.2. The molecule has 35 heavy (non-hydrogen) atoms. The van der Waals surface area contributed by atoms with E-state index in [9.17, 15) is 4.79 Å². The second-order valence-corrected chi connectivity index (χ2v) is 9.09. The van der Waals surface area contributed by atoms with Gasteiger partial charge in [0.25, 0.3) is 0 Å². The number of aromatic nitrogens is 2. The first-order valence-corrected chi connectivity index (χ1v) is 12.2. The van der Waals surface area contributed by atoms with Gasteiger partial charge in [-0.1, -0.05) is 42.5 Å². The molecule has 0 bridgehead atoms. The lowest BCUT2D eigenvalue weighted by Crippen LogP contribution is -2.39. The van der Waals surface area contributed by atoms with Crippen LogP contribution < -0.4 is 14.8 Å². The van der Waals surface area contributed by atoms with Crippen LogP contribution in [0.1, 0.15) is 35.6 Å². The predicted octanol–water partition coefficient (Wildman–Crippen LogP) is 4.90. The van der Waals surface area contributed by atoms with Crippen LogP contribution in [0, 0.1) is 0 Å². The van der Waals surface area contributed by atoms with Crippen LogP contribution in [0.4, 0.5) is 4.79 Å². The lowest BCUT2D eigenvalue weighted by molar-refractivity contribution is 0.170. The summed E-state index contributed by atoms with van der Waals surface area (Å²) in [6, 6.07) is 22.6. The fourth-order valence-corrected chi connectivity index (χ4v) is 5.00. The number of nitrogens with one attached hydrogen (secondary N) is 1. The number of hydrogen-bond donors (Lipinski definition) is 1. The number of carbonyl (C=O) groups is 1. The van der Waals surface area contributed by atoms with Crippen LogP contribution in [-0.4, -0.2) is 40.2 Å². The Balaban J connectivity index is 1.08. The number of amides is 2. The Morgan fingerprint density at radius 1 is 0.971 bits per heavy atom. The standard InChI is InChI=1S/C28H28N4O3/c33-28(32-13-3-6-24(32)22-11-12-26-27(16-22)35-15-14-34-26)29-17-20-7-9-21(10-8-20)18-31-19-30-23-4-1-2-5-25(23)31/h1-2,4-5,7-12,16,19,24H,3,6,13-15,17-18H2,(H,29,33). The maximum absolute atomic E-state index is 13.0. The highest BCUT2D eigenvalue weighted by Gasteiger charge is 2.30. The van der Waals surface area contributed by atoms with Crippen molar-refractivity contribution >= 4 is 17.1 Å². The van der Waals surface area contributed by atoms with Crippen molar-refractivity contribution in [1.29, 1.82) is 0 Å². The van der Waals surface area contributed by atoms with Crippen LogP contribution in [-0.2, 0) is 13.1 Å². The van der Waals surface area contributed by atoms with Gasteiger partial charge in [-0.25, -0.2) is 9.78 Å². The predicted molar refractivity (Wildman–Crippen MR) is 134 cm³/mol. The average molecular weight is 469 g/mol. The van der Waals surface area contributed by atoms with E-state index in [0.717, 1.165) is 59.6 Å². The summed E-state index contributed by atoms with van der Waals surface area (Å²) in [6.45, 7) is 3.15. The number of carbonyl (C=O) groups excluding carboxylic acids is 1. The van der Waals surface area contributed by atoms with Crippen molar-refractivity contribution in [3.63, 3.8) is 0 Å². The van der Waals surface area contributed by atoms with Gasteiger partial charge in [-0.15, -0.1) is 0 Å². The molecule has 2 aliphatic rings. The van der Waals surface area contributed by atoms with Crippen LogP contribution >= 0.6 is 0 Å². The number of para-hydroxylation sites is 2. The lowest BCUT2D eigenvalue weighted by atomic mass is 10.0. The van der Waals surface area contributed by atoms with Gasteiger partial charge < -0.3 is 24.3 Å². The molecule has 0 aliphatic carbocycles. The number of fused-ring (bicyclic) bond motifs is 2. The van der Waals surface area contributed by atoms with Crippen molar-refractivity contribution in [1.82, 2.24) is 19.8 Å². The molecule has 7 heteroatoms. The van der Waals surface area contributed by atoms with Gasteiger partial charge in [0.2, 0.25) is 0 Å². The zero-order chi connectivity index (χ0) is 23.6. The summed E-state index contributed by atoms with van der Waals surface area (Å²) in [6.07, 6.45) is 3.82.